The molecule has 11 heteroatoms. The fourth-order valence-electron chi connectivity index (χ4n) is 2.47. The van der Waals surface area contributed by atoms with Gasteiger partial charge in [0.25, 0.3) is 0 Å². The molecule has 0 radical (unpaired) electrons. The van der Waals surface area contributed by atoms with Crippen LogP contribution in [0.25, 0.3) is 0 Å². The molecule has 7 N–H and O–H groups in total. The summed E-state index contributed by atoms with van der Waals surface area (Å²) in [4.78, 5) is 48.6. The smallest absolute Gasteiger partial charge is 0.327 e. The fraction of sp³-hybridized carbons (Fsp3) is 0.778. The van der Waals surface area contributed by atoms with Gasteiger partial charge in [0.1, 0.15) is 24.2 Å². The second kappa shape index (κ2) is 13.4. The summed E-state index contributed by atoms with van der Waals surface area (Å²) in [5.74, 6) is -3.49. The number of hydrogen-bond acceptors (Lipinski definition) is 7. The lowest BCUT2D eigenvalue weighted by atomic mass is 9.96. The maximum absolute atomic E-state index is 12.8. The maximum Gasteiger partial charge on any atom is 0.327 e. The van der Waals surface area contributed by atoms with E-state index in [0.717, 1.165) is 0 Å². The topological polar surface area (TPSA) is 171 Å². The van der Waals surface area contributed by atoms with Gasteiger partial charge in [-0.1, -0.05) is 34.1 Å². The summed E-state index contributed by atoms with van der Waals surface area (Å²) in [5, 5.41) is 25.6. The number of amides is 3. The van der Waals surface area contributed by atoms with Crippen LogP contribution in [0.15, 0.2) is 0 Å². The average Bonchev–Trinajstić information content (AvgIpc) is 2.67. The molecule has 3 amide bonds. The molecule has 0 spiro atoms. The predicted octanol–water partition coefficient (Wildman–Crippen LogP) is -1.13. The van der Waals surface area contributed by atoms with Crippen LogP contribution in [-0.2, 0) is 19.2 Å². The van der Waals surface area contributed by atoms with E-state index in [1.165, 1.54) is 0 Å². The SMILES string of the molecule is CCC(C)C(NC(=O)C(CC(C)C)NC(=O)C(N)CO)C(=O)NC(CS)C(=O)O. The van der Waals surface area contributed by atoms with Gasteiger partial charge in [0.2, 0.25) is 17.7 Å². The Hall–Kier alpha value is -1.85. The van der Waals surface area contributed by atoms with E-state index in [-0.39, 0.29) is 17.6 Å². The van der Waals surface area contributed by atoms with Gasteiger partial charge >= 0.3 is 5.97 Å². The van der Waals surface area contributed by atoms with Gasteiger partial charge in [-0.25, -0.2) is 4.79 Å². The fourth-order valence-corrected chi connectivity index (χ4v) is 2.71. The highest BCUT2D eigenvalue weighted by molar-refractivity contribution is 7.80. The maximum atomic E-state index is 12.8. The van der Waals surface area contributed by atoms with Crippen LogP contribution in [0.4, 0.5) is 0 Å². The highest BCUT2D eigenvalue weighted by Crippen LogP contribution is 2.11. The third-order valence-corrected chi connectivity index (χ3v) is 4.83. The third-order valence-electron chi connectivity index (χ3n) is 4.46. The molecule has 0 aliphatic rings. The lowest BCUT2D eigenvalue weighted by Crippen LogP contribution is -2.59. The highest BCUT2D eigenvalue weighted by atomic mass is 32.1. The van der Waals surface area contributed by atoms with Crippen molar-refractivity contribution in [2.45, 2.75) is 64.7 Å². The number of thiol groups is 1. The summed E-state index contributed by atoms with van der Waals surface area (Å²) in [5.41, 5.74) is 5.49. The van der Waals surface area contributed by atoms with Gasteiger partial charge in [0.05, 0.1) is 6.61 Å². The number of nitrogens with two attached hydrogens (primary N) is 1. The van der Waals surface area contributed by atoms with Crippen LogP contribution in [-0.4, -0.2) is 70.4 Å². The Balaban J connectivity index is 5.43. The van der Waals surface area contributed by atoms with Gasteiger partial charge in [0, 0.05) is 5.75 Å². The summed E-state index contributed by atoms with van der Waals surface area (Å²) < 4.78 is 0. The van der Waals surface area contributed by atoms with E-state index < -0.39 is 54.5 Å². The zero-order valence-corrected chi connectivity index (χ0v) is 18.2. The normalized spacial score (nSPS) is 16.3. The number of carbonyl (C=O) groups excluding carboxylic acids is 3. The number of nitrogens with one attached hydrogen (secondary N) is 3. The molecule has 0 aromatic rings. The molecule has 0 aromatic heterocycles. The minimum absolute atomic E-state index is 0.0489. The van der Waals surface area contributed by atoms with E-state index in [1.807, 2.05) is 20.8 Å². The lowest BCUT2D eigenvalue weighted by molar-refractivity contribution is -0.142. The lowest BCUT2D eigenvalue weighted by Gasteiger charge is -2.28. The molecule has 0 aliphatic carbocycles. The van der Waals surface area contributed by atoms with Crippen molar-refractivity contribution in [2.24, 2.45) is 17.6 Å². The first kappa shape index (κ1) is 27.1. The molecule has 0 aliphatic heterocycles. The van der Waals surface area contributed by atoms with E-state index in [0.29, 0.717) is 12.8 Å². The number of aliphatic carboxylic acids is 1. The van der Waals surface area contributed by atoms with Crippen LogP contribution >= 0.6 is 12.6 Å². The average molecular weight is 435 g/mol. The Morgan fingerprint density at radius 1 is 0.966 bits per heavy atom. The number of carboxylic acid groups (broad SMARTS) is 1. The Bertz CT molecular complexity index is 575. The van der Waals surface area contributed by atoms with Crippen LogP contribution in [0.3, 0.4) is 0 Å². The number of rotatable bonds is 13. The Morgan fingerprint density at radius 2 is 1.52 bits per heavy atom. The highest BCUT2D eigenvalue weighted by Gasteiger charge is 2.32. The van der Waals surface area contributed by atoms with E-state index in [2.05, 4.69) is 28.6 Å². The third kappa shape index (κ3) is 9.46. The van der Waals surface area contributed by atoms with E-state index >= 15 is 0 Å². The first-order valence-corrected chi connectivity index (χ1v) is 10.2. The molecular weight excluding hydrogens is 400 g/mol. The molecule has 5 atom stereocenters. The minimum Gasteiger partial charge on any atom is -0.480 e. The second-order valence-electron chi connectivity index (χ2n) is 7.43. The van der Waals surface area contributed by atoms with Crippen molar-refractivity contribution < 1.29 is 29.4 Å². The number of carbonyl (C=O) groups is 4. The van der Waals surface area contributed by atoms with Crippen molar-refractivity contribution >= 4 is 36.3 Å². The van der Waals surface area contributed by atoms with E-state index in [4.69, 9.17) is 15.9 Å². The molecule has 0 saturated heterocycles. The molecule has 0 bridgehead atoms. The standard InChI is InChI=1S/C18H34N4O6S/c1-5-10(4)14(17(26)21-13(8-29)18(27)28)22-16(25)12(6-9(2)3)20-15(24)11(19)7-23/h9-14,23,29H,5-8,19H2,1-4H3,(H,20,24)(H,21,26)(H,22,25)(H,27,28). The molecule has 0 fully saturated rings. The molecule has 0 saturated carbocycles. The monoisotopic (exact) mass is 434 g/mol. The van der Waals surface area contributed by atoms with Gasteiger partial charge < -0.3 is 31.9 Å². The first-order valence-electron chi connectivity index (χ1n) is 9.59. The molecule has 0 heterocycles. The predicted molar refractivity (Wildman–Crippen MR) is 111 cm³/mol. The molecule has 10 nitrogen and oxygen atoms in total. The van der Waals surface area contributed by atoms with Crippen molar-refractivity contribution in [1.82, 2.24) is 16.0 Å². The molecule has 5 unspecified atom stereocenters. The summed E-state index contributed by atoms with van der Waals surface area (Å²) in [7, 11) is 0. The van der Waals surface area contributed by atoms with E-state index in [9.17, 15) is 19.2 Å². The van der Waals surface area contributed by atoms with Crippen molar-refractivity contribution in [1.29, 1.82) is 0 Å². The van der Waals surface area contributed by atoms with Crippen molar-refractivity contribution in [3.8, 4) is 0 Å². The van der Waals surface area contributed by atoms with Crippen molar-refractivity contribution in [3.05, 3.63) is 0 Å². The van der Waals surface area contributed by atoms with Gasteiger partial charge in [-0.2, -0.15) is 12.6 Å². The minimum atomic E-state index is -1.23. The first-order chi connectivity index (χ1) is 13.5. The van der Waals surface area contributed by atoms with Gasteiger partial charge in [-0.05, 0) is 18.3 Å². The number of aliphatic hydroxyl groups excluding tert-OH is 1. The van der Waals surface area contributed by atoms with Crippen LogP contribution in [0.1, 0.15) is 40.5 Å². The van der Waals surface area contributed by atoms with Crippen LogP contribution < -0.4 is 21.7 Å². The van der Waals surface area contributed by atoms with E-state index in [1.54, 1.807) is 6.92 Å². The summed E-state index contributed by atoms with van der Waals surface area (Å²) in [6.45, 7) is 6.74. The Morgan fingerprint density at radius 3 is 1.93 bits per heavy atom. The van der Waals surface area contributed by atoms with Crippen molar-refractivity contribution in [3.63, 3.8) is 0 Å². The Kier molecular flexibility index (Phi) is 12.5. The molecule has 0 aromatic carbocycles. The molecule has 168 valence electrons. The number of hydrogen-bond donors (Lipinski definition) is 7. The van der Waals surface area contributed by atoms with Crippen LogP contribution in [0, 0.1) is 11.8 Å². The quantitative estimate of drug-likeness (QED) is 0.180. The summed E-state index contributed by atoms with van der Waals surface area (Å²) in [6, 6.07) is -4.31. The van der Waals surface area contributed by atoms with Crippen LogP contribution in [0.2, 0.25) is 0 Å². The van der Waals surface area contributed by atoms with Crippen molar-refractivity contribution in [2.75, 3.05) is 12.4 Å². The summed E-state index contributed by atoms with van der Waals surface area (Å²) in [6.07, 6.45) is 0.840. The van der Waals surface area contributed by atoms with Gasteiger partial charge in [-0.3, -0.25) is 14.4 Å². The second-order valence-corrected chi connectivity index (χ2v) is 7.80. The van der Waals surface area contributed by atoms with Gasteiger partial charge in [0.15, 0.2) is 0 Å². The summed E-state index contributed by atoms with van der Waals surface area (Å²) >= 11 is 3.92. The zero-order chi connectivity index (χ0) is 22.7. The number of carboxylic acids is 1. The molecular formula is C18H34N4O6S. The largest absolute Gasteiger partial charge is 0.480 e. The van der Waals surface area contributed by atoms with Gasteiger partial charge in [-0.15, -0.1) is 0 Å². The zero-order valence-electron chi connectivity index (χ0n) is 17.3. The molecule has 29 heavy (non-hydrogen) atoms. The van der Waals surface area contributed by atoms with Crippen LogP contribution in [0.5, 0.6) is 0 Å². The Labute approximate surface area is 176 Å². The molecule has 0 rings (SSSR count). The number of aliphatic hydroxyl groups is 1.